The Bertz CT molecular complexity index is 893. The van der Waals surface area contributed by atoms with Gasteiger partial charge in [-0.25, -0.2) is 8.42 Å². The van der Waals surface area contributed by atoms with Gasteiger partial charge in [0.1, 0.15) is 0 Å². The number of carbonyl (C=O) groups is 1. The quantitative estimate of drug-likeness (QED) is 0.848. The molecule has 0 radical (unpaired) electrons. The first-order chi connectivity index (χ1) is 12.5. The van der Waals surface area contributed by atoms with Crippen molar-refractivity contribution in [2.24, 2.45) is 0 Å². The second kappa shape index (κ2) is 7.91. The minimum atomic E-state index is -3.51. The number of hydrogen-bond donors (Lipinski definition) is 1. The molecule has 1 amide bonds. The van der Waals surface area contributed by atoms with E-state index < -0.39 is 10.0 Å². The highest BCUT2D eigenvalue weighted by atomic mass is 32.2. The van der Waals surface area contributed by atoms with E-state index in [0.717, 1.165) is 35.2 Å². The maximum absolute atomic E-state index is 12.7. The van der Waals surface area contributed by atoms with E-state index in [-0.39, 0.29) is 18.1 Å². The summed E-state index contributed by atoms with van der Waals surface area (Å²) >= 11 is 0. The molecule has 3 rings (SSSR count). The van der Waals surface area contributed by atoms with E-state index in [1.165, 1.54) is 4.31 Å². The third kappa shape index (κ3) is 4.43. The zero-order valence-corrected chi connectivity index (χ0v) is 15.8. The lowest BCUT2D eigenvalue weighted by Crippen LogP contribution is -2.38. The van der Waals surface area contributed by atoms with E-state index in [1.807, 2.05) is 55.5 Å². The predicted octanol–water partition coefficient (Wildman–Crippen LogP) is 2.78. The number of fused-ring (bicyclic) bond motifs is 1. The van der Waals surface area contributed by atoms with Crippen LogP contribution in [-0.2, 0) is 27.8 Å². The minimum Gasteiger partial charge on any atom is -0.352 e. The van der Waals surface area contributed by atoms with E-state index in [0.29, 0.717) is 13.1 Å². The molecule has 6 heteroatoms. The summed E-state index contributed by atoms with van der Waals surface area (Å²) in [5.41, 5.74) is 3.93. The number of nitrogens with one attached hydrogen (secondary N) is 1. The molecule has 0 saturated heterocycles. The van der Waals surface area contributed by atoms with Crippen LogP contribution in [0.5, 0.6) is 0 Å². The fourth-order valence-electron chi connectivity index (χ4n) is 3.23. The molecule has 0 saturated carbocycles. The Kier molecular flexibility index (Phi) is 5.61. The average Bonchev–Trinajstić information content (AvgIpc) is 2.64. The number of hydrogen-bond acceptors (Lipinski definition) is 3. The molecule has 0 fully saturated rings. The number of para-hydroxylation sites is 1. The van der Waals surface area contributed by atoms with Crippen molar-refractivity contribution in [2.45, 2.75) is 32.7 Å². The number of anilines is 1. The SMILES string of the molecule is Cc1cccc(CNC(=O)CCS(=O)(=O)N2CCCc3ccccc32)c1. The van der Waals surface area contributed by atoms with Crippen LogP contribution in [-0.4, -0.2) is 26.6 Å². The summed E-state index contributed by atoms with van der Waals surface area (Å²) in [7, 11) is -3.51. The van der Waals surface area contributed by atoms with Gasteiger partial charge in [-0.1, -0.05) is 48.0 Å². The Morgan fingerprint density at radius 2 is 1.96 bits per heavy atom. The molecule has 26 heavy (non-hydrogen) atoms. The first kappa shape index (κ1) is 18.5. The van der Waals surface area contributed by atoms with E-state index in [9.17, 15) is 13.2 Å². The Hall–Kier alpha value is -2.34. The van der Waals surface area contributed by atoms with E-state index >= 15 is 0 Å². The van der Waals surface area contributed by atoms with Crippen LogP contribution in [0.15, 0.2) is 48.5 Å². The van der Waals surface area contributed by atoms with Crippen LogP contribution in [0.25, 0.3) is 0 Å². The summed E-state index contributed by atoms with van der Waals surface area (Å²) in [5.74, 6) is -0.429. The second-order valence-electron chi connectivity index (χ2n) is 6.64. The normalized spacial score (nSPS) is 14.0. The molecule has 1 aliphatic rings. The van der Waals surface area contributed by atoms with E-state index in [2.05, 4.69) is 5.32 Å². The summed E-state index contributed by atoms with van der Waals surface area (Å²) in [6.45, 7) is 2.88. The van der Waals surface area contributed by atoms with Crippen LogP contribution in [0.4, 0.5) is 5.69 Å². The highest BCUT2D eigenvalue weighted by Gasteiger charge is 2.27. The lowest BCUT2D eigenvalue weighted by Gasteiger charge is -2.30. The van der Waals surface area contributed by atoms with Gasteiger partial charge < -0.3 is 5.32 Å². The zero-order valence-electron chi connectivity index (χ0n) is 14.9. The van der Waals surface area contributed by atoms with Gasteiger partial charge >= 0.3 is 0 Å². The fourth-order valence-corrected chi connectivity index (χ4v) is 4.78. The first-order valence-corrected chi connectivity index (χ1v) is 10.5. The first-order valence-electron chi connectivity index (χ1n) is 8.86. The van der Waals surface area contributed by atoms with Gasteiger partial charge in [-0.05, 0) is 37.0 Å². The van der Waals surface area contributed by atoms with Crippen molar-refractivity contribution < 1.29 is 13.2 Å². The molecule has 0 bridgehead atoms. The summed E-state index contributed by atoms with van der Waals surface area (Å²) < 4.78 is 26.9. The number of rotatable bonds is 6. The molecule has 0 aromatic heterocycles. The maximum Gasteiger partial charge on any atom is 0.235 e. The number of benzene rings is 2. The lowest BCUT2D eigenvalue weighted by molar-refractivity contribution is -0.120. The highest BCUT2D eigenvalue weighted by molar-refractivity contribution is 7.92. The number of nitrogens with zero attached hydrogens (tertiary/aromatic N) is 1. The van der Waals surface area contributed by atoms with Gasteiger partial charge in [0.2, 0.25) is 15.9 Å². The number of aryl methyl sites for hydroxylation is 2. The third-order valence-electron chi connectivity index (χ3n) is 4.56. The van der Waals surface area contributed by atoms with Gasteiger partial charge in [0.25, 0.3) is 0 Å². The average molecular weight is 372 g/mol. The molecular weight excluding hydrogens is 348 g/mol. The predicted molar refractivity (Wildman–Crippen MR) is 104 cm³/mol. The molecule has 1 N–H and O–H groups in total. The fraction of sp³-hybridized carbons (Fsp3) is 0.350. The molecule has 1 heterocycles. The van der Waals surface area contributed by atoms with E-state index in [1.54, 1.807) is 0 Å². The Morgan fingerprint density at radius 1 is 1.15 bits per heavy atom. The summed E-state index contributed by atoms with van der Waals surface area (Å²) in [4.78, 5) is 12.1. The van der Waals surface area contributed by atoms with Gasteiger partial charge in [0, 0.05) is 19.5 Å². The minimum absolute atomic E-state index is 0.0349. The molecule has 138 valence electrons. The molecule has 0 aliphatic carbocycles. The van der Waals surface area contributed by atoms with Crippen molar-refractivity contribution in [3.63, 3.8) is 0 Å². The number of carbonyl (C=O) groups excluding carboxylic acids is 1. The molecule has 2 aromatic rings. The van der Waals surface area contributed by atoms with Gasteiger partial charge in [-0.3, -0.25) is 9.10 Å². The van der Waals surface area contributed by atoms with Gasteiger partial charge in [0.05, 0.1) is 11.4 Å². The van der Waals surface area contributed by atoms with Crippen LogP contribution in [0.1, 0.15) is 29.5 Å². The standard InChI is InChI=1S/C20H24N2O3S/c1-16-6-4-7-17(14-16)15-21-20(23)11-13-26(24,25)22-12-5-9-18-8-2-3-10-19(18)22/h2-4,6-8,10,14H,5,9,11-13,15H2,1H3,(H,21,23). The maximum atomic E-state index is 12.7. The molecule has 1 aliphatic heterocycles. The van der Waals surface area contributed by atoms with Crippen molar-refractivity contribution >= 4 is 21.6 Å². The molecule has 0 spiro atoms. The van der Waals surface area contributed by atoms with Crippen molar-refractivity contribution in [1.82, 2.24) is 5.32 Å². The van der Waals surface area contributed by atoms with Crippen molar-refractivity contribution in [2.75, 3.05) is 16.6 Å². The van der Waals surface area contributed by atoms with Gasteiger partial charge in [-0.2, -0.15) is 0 Å². The van der Waals surface area contributed by atoms with Crippen LogP contribution in [0.3, 0.4) is 0 Å². The van der Waals surface area contributed by atoms with Crippen molar-refractivity contribution in [1.29, 1.82) is 0 Å². The molecule has 2 aromatic carbocycles. The Labute approximate surface area is 155 Å². The van der Waals surface area contributed by atoms with Crippen molar-refractivity contribution in [3.8, 4) is 0 Å². The molecule has 5 nitrogen and oxygen atoms in total. The number of amides is 1. The van der Waals surface area contributed by atoms with Crippen LogP contribution in [0, 0.1) is 6.92 Å². The Balaban J connectivity index is 1.58. The van der Waals surface area contributed by atoms with Crippen LogP contribution in [0.2, 0.25) is 0 Å². The molecular formula is C20H24N2O3S. The van der Waals surface area contributed by atoms with E-state index in [4.69, 9.17) is 0 Å². The zero-order chi connectivity index (χ0) is 18.6. The van der Waals surface area contributed by atoms with Gasteiger partial charge in [0.15, 0.2) is 0 Å². The molecule has 0 atom stereocenters. The monoisotopic (exact) mass is 372 g/mol. The van der Waals surface area contributed by atoms with Crippen molar-refractivity contribution in [3.05, 3.63) is 65.2 Å². The number of sulfonamides is 1. The summed E-state index contributed by atoms with van der Waals surface area (Å²) in [6, 6.07) is 15.4. The largest absolute Gasteiger partial charge is 0.352 e. The molecule has 0 unspecified atom stereocenters. The summed E-state index contributed by atoms with van der Waals surface area (Å²) in [6.07, 6.45) is 1.65. The van der Waals surface area contributed by atoms with Crippen LogP contribution >= 0.6 is 0 Å². The topological polar surface area (TPSA) is 66.5 Å². The second-order valence-corrected chi connectivity index (χ2v) is 8.65. The lowest BCUT2D eigenvalue weighted by atomic mass is 10.0. The van der Waals surface area contributed by atoms with Crippen LogP contribution < -0.4 is 9.62 Å². The summed E-state index contributed by atoms with van der Waals surface area (Å²) in [5, 5.41) is 2.80. The van der Waals surface area contributed by atoms with Gasteiger partial charge in [-0.15, -0.1) is 0 Å². The third-order valence-corrected chi connectivity index (χ3v) is 6.33. The Morgan fingerprint density at radius 3 is 2.77 bits per heavy atom. The highest BCUT2D eigenvalue weighted by Crippen LogP contribution is 2.29. The smallest absolute Gasteiger partial charge is 0.235 e.